The maximum Gasteiger partial charge on any atom is 0.344 e. The first-order valence-corrected chi connectivity index (χ1v) is 5.09. The Hall–Kier alpha value is -1.75. The fourth-order valence-corrected chi connectivity index (χ4v) is 1.40. The number of aldehydes is 1. The van der Waals surface area contributed by atoms with Gasteiger partial charge in [-0.1, -0.05) is 11.6 Å². The van der Waals surface area contributed by atoms with Crippen molar-refractivity contribution in [3.63, 3.8) is 0 Å². The van der Waals surface area contributed by atoms with Gasteiger partial charge in [-0.15, -0.1) is 0 Å². The van der Waals surface area contributed by atoms with Gasteiger partial charge in [-0.2, -0.15) is 0 Å². The lowest BCUT2D eigenvalue weighted by Gasteiger charge is -2.15. The van der Waals surface area contributed by atoms with Crippen LogP contribution in [0.25, 0.3) is 0 Å². The quantitative estimate of drug-likeness (QED) is 0.818. The monoisotopic (exact) mass is 258 g/mol. The molecule has 0 aliphatic carbocycles. The SMILES string of the molecule is COc1cc(Cl)cc(C=O)c1O[C@@H](C)C(=O)O. The van der Waals surface area contributed by atoms with E-state index in [0.717, 1.165) is 0 Å². The molecule has 6 heteroatoms. The predicted molar refractivity (Wildman–Crippen MR) is 61.1 cm³/mol. The minimum Gasteiger partial charge on any atom is -0.493 e. The largest absolute Gasteiger partial charge is 0.493 e. The van der Waals surface area contributed by atoms with Gasteiger partial charge < -0.3 is 14.6 Å². The molecule has 1 aromatic rings. The molecular weight excluding hydrogens is 248 g/mol. The van der Waals surface area contributed by atoms with Gasteiger partial charge in [0.2, 0.25) is 0 Å². The van der Waals surface area contributed by atoms with Crippen LogP contribution in [0.1, 0.15) is 17.3 Å². The van der Waals surface area contributed by atoms with E-state index in [4.69, 9.17) is 26.2 Å². The van der Waals surface area contributed by atoms with Gasteiger partial charge in [0, 0.05) is 11.1 Å². The van der Waals surface area contributed by atoms with E-state index in [1.807, 2.05) is 0 Å². The highest BCUT2D eigenvalue weighted by atomic mass is 35.5. The molecule has 0 fully saturated rings. The highest BCUT2D eigenvalue weighted by molar-refractivity contribution is 6.31. The lowest BCUT2D eigenvalue weighted by atomic mass is 10.2. The summed E-state index contributed by atoms with van der Waals surface area (Å²) in [4.78, 5) is 21.5. The van der Waals surface area contributed by atoms with Crippen molar-refractivity contribution >= 4 is 23.9 Å². The summed E-state index contributed by atoms with van der Waals surface area (Å²) in [6.07, 6.45) is -0.568. The van der Waals surface area contributed by atoms with Crippen molar-refractivity contribution in [3.8, 4) is 11.5 Å². The molecule has 5 nitrogen and oxygen atoms in total. The molecule has 0 bridgehead atoms. The average Bonchev–Trinajstić information content (AvgIpc) is 2.30. The number of hydrogen-bond donors (Lipinski definition) is 1. The first kappa shape index (κ1) is 13.3. The fraction of sp³-hybridized carbons (Fsp3) is 0.273. The minimum atomic E-state index is -1.14. The van der Waals surface area contributed by atoms with Crippen LogP contribution in [0.15, 0.2) is 12.1 Å². The molecule has 0 aliphatic heterocycles. The molecule has 0 saturated heterocycles. The van der Waals surface area contributed by atoms with Crippen molar-refractivity contribution < 1.29 is 24.2 Å². The lowest BCUT2D eigenvalue weighted by Crippen LogP contribution is -2.23. The van der Waals surface area contributed by atoms with Crippen molar-refractivity contribution in [2.24, 2.45) is 0 Å². The number of carboxylic acid groups (broad SMARTS) is 1. The van der Waals surface area contributed by atoms with Gasteiger partial charge in [0.05, 0.1) is 12.7 Å². The molecule has 0 aromatic heterocycles. The van der Waals surface area contributed by atoms with Crippen LogP contribution in [-0.4, -0.2) is 30.6 Å². The number of ether oxygens (including phenoxy) is 2. The molecule has 0 amide bonds. The highest BCUT2D eigenvalue weighted by Crippen LogP contribution is 2.34. The third-order valence-corrected chi connectivity index (χ3v) is 2.26. The maximum atomic E-state index is 10.9. The van der Waals surface area contributed by atoms with Crippen molar-refractivity contribution in [1.82, 2.24) is 0 Å². The Balaban J connectivity index is 3.19. The number of halogens is 1. The van der Waals surface area contributed by atoms with Crippen LogP contribution in [0.4, 0.5) is 0 Å². The van der Waals surface area contributed by atoms with Crippen molar-refractivity contribution in [1.29, 1.82) is 0 Å². The molecule has 1 N–H and O–H groups in total. The average molecular weight is 259 g/mol. The van der Waals surface area contributed by atoms with Crippen molar-refractivity contribution in [3.05, 3.63) is 22.7 Å². The summed E-state index contributed by atoms with van der Waals surface area (Å²) in [5, 5.41) is 9.05. The third-order valence-electron chi connectivity index (χ3n) is 2.04. The number of benzene rings is 1. The second-order valence-electron chi connectivity index (χ2n) is 3.24. The van der Waals surface area contributed by atoms with Gasteiger partial charge in [-0.25, -0.2) is 4.79 Å². The van der Waals surface area contributed by atoms with E-state index in [1.54, 1.807) is 0 Å². The summed E-state index contributed by atoms with van der Waals surface area (Å²) >= 11 is 5.77. The normalized spacial score (nSPS) is 11.7. The molecule has 0 unspecified atom stereocenters. The van der Waals surface area contributed by atoms with E-state index in [0.29, 0.717) is 11.3 Å². The van der Waals surface area contributed by atoms with Gasteiger partial charge >= 0.3 is 5.97 Å². The smallest absolute Gasteiger partial charge is 0.344 e. The molecule has 17 heavy (non-hydrogen) atoms. The number of aliphatic carboxylic acids is 1. The molecule has 0 heterocycles. The molecular formula is C11H11ClO5. The van der Waals surface area contributed by atoms with Crippen LogP contribution in [0.3, 0.4) is 0 Å². The summed E-state index contributed by atoms with van der Waals surface area (Å²) in [5.74, 6) is -0.853. The second kappa shape index (κ2) is 5.54. The van der Waals surface area contributed by atoms with Crippen molar-refractivity contribution in [2.45, 2.75) is 13.0 Å². The Kier molecular flexibility index (Phi) is 4.34. The fourth-order valence-electron chi connectivity index (χ4n) is 1.18. The molecule has 0 saturated carbocycles. The zero-order valence-corrected chi connectivity index (χ0v) is 10.0. The Morgan fingerprint density at radius 2 is 2.18 bits per heavy atom. The summed E-state index contributed by atoms with van der Waals surface area (Å²) in [5.41, 5.74) is 0.141. The van der Waals surface area contributed by atoms with Crippen LogP contribution in [0.2, 0.25) is 5.02 Å². The summed E-state index contributed by atoms with van der Waals surface area (Å²) in [6.45, 7) is 1.35. The van der Waals surface area contributed by atoms with Crippen LogP contribution in [-0.2, 0) is 4.79 Å². The first-order chi connectivity index (χ1) is 7.99. The summed E-state index contributed by atoms with van der Waals surface area (Å²) in [7, 11) is 1.37. The number of methoxy groups -OCH3 is 1. The van der Waals surface area contributed by atoms with E-state index in [-0.39, 0.29) is 17.1 Å². The van der Waals surface area contributed by atoms with Crippen LogP contribution >= 0.6 is 11.6 Å². The molecule has 0 aliphatic rings. The van der Waals surface area contributed by atoms with E-state index in [2.05, 4.69) is 0 Å². The van der Waals surface area contributed by atoms with E-state index < -0.39 is 12.1 Å². The zero-order chi connectivity index (χ0) is 13.0. The number of rotatable bonds is 5. The van der Waals surface area contributed by atoms with E-state index in [1.165, 1.54) is 26.2 Å². The topological polar surface area (TPSA) is 72.8 Å². The molecule has 0 spiro atoms. The minimum absolute atomic E-state index is 0.0711. The number of carboxylic acids is 1. The number of carbonyl (C=O) groups is 2. The summed E-state index contributed by atoms with van der Waals surface area (Å²) in [6, 6.07) is 2.82. The lowest BCUT2D eigenvalue weighted by molar-refractivity contribution is -0.144. The van der Waals surface area contributed by atoms with Gasteiger partial charge in [-0.05, 0) is 13.0 Å². The Morgan fingerprint density at radius 3 is 2.65 bits per heavy atom. The van der Waals surface area contributed by atoms with Crippen molar-refractivity contribution in [2.75, 3.05) is 7.11 Å². The predicted octanol–water partition coefficient (Wildman–Crippen LogP) is 2.01. The molecule has 1 rings (SSSR count). The number of hydrogen-bond acceptors (Lipinski definition) is 4. The van der Waals surface area contributed by atoms with Gasteiger partial charge in [-0.3, -0.25) is 4.79 Å². The van der Waals surface area contributed by atoms with Gasteiger partial charge in [0.25, 0.3) is 0 Å². The van der Waals surface area contributed by atoms with E-state index in [9.17, 15) is 9.59 Å². The Morgan fingerprint density at radius 1 is 1.53 bits per heavy atom. The van der Waals surface area contributed by atoms with Crippen LogP contribution < -0.4 is 9.47 Å². The Labute approximate surface area is 103 Å². The molecule has 1 atom stereocenters. The third kappa shape index (κ3) is 3.10. The first-order valence-electron chi connectivity index (χ1n) is 4.71. The molecule has 1 aromatic carbocycles. The zero-order valence-electron chi connectivity index (χ0n) is 9.27. The highest BCUT2D eigenvalue weighted by Gasteiger charge is 2.19. The molecule has 92 valence electrons. The Bertz CT molecular complexity index is 444. The second-order valence-corrected chi connectivity index (χ2v) is 3.68. The standard InChI is InChI=1S/C11H11ClO5/c1-6(11(14)15)17-10-7(5-13)3-8(12)4-9(10)16-2/h3-6H,1-2H3,(H,14,15)/t6-/m0/s1. The summed E-state index contributed by atoms with van der Waals surface area (Å²) < 4.78 is 10.1. The van der Waals surface area contributed by atoms with E-state index >= 15 is 0 Å². The maximum absolute atomic E-state index is 10.9. The van der Waals surface area contributed by atoms with Crippen LogP contribution in [0, 0.1) is 0 Å². The van der Waals surface area contributed by atoms with Crippen LogP contribution in [0.5, 0.6) is 11.5 Å². The van der Waals surface area contributed by atoms with Gasteiger partial charge in [0.1, 0.15) is 0 Å². The van der Waals surface area contributed by atoms with Gasteiger partial charge in [0.15, 0.2) is 23.9 Å². The number of carbonyl (C=O) groups excluding carboxylic acids is 1. The molecule has 0 radical (unpaired) electrons.